The van der Waals surface area contributed by atoms with Crippen LogP contribution in [0.3, 0.4) is 0 Å². The Bertz CT molecular complexity index is 878. The van der Waals surface area contributed by atoms with Gasteiger partial charge in [0.15, 0.2) is 0 Å². The number of aromatic nitrogens is 1. The lowest BCUT2D eigenvalue weighted by Gasteiger charge is -2.26. The highest BCUT2D eigenvalue weighted by Gasteiger charge is 2.31. The SMILES string of the molecule is C[C@@]1(c2cc(NC(=O)Oc3ccc(Cl)cn3)ccc2F)CCSCC(N)=N1. The van der Waals surface area contributed by atoms with Gasteiger partial charge in [0.2, 0.25) is 5.88 Å². The Kier molecular flexibility index (Phi) is 5.86. The van der Waals surface area contributed by atoms with Crippen molar-refractivity contribution in [3.8, 4) is 5.88 Å². The van der Waals surface area contributed by atoms with Crippen molar-refractivity contribution in [2.45, 2.75) is 18.9 Å². The molecule has 1 atom stereocenters. The highest BCUT2D eigenvalue weighted by Crippen LogP contribution is 2.36. The molecule has 1 aromatic heterocycles. The molecule has 0 unspecified atom stereocenters. The number of aliphatic imine (C=N–C) groups is 1. The van der Waals surface area contributed by atoms with Gasteiger partial charge in [-0.05, 0) is 43.4 Å². The number of thioether (sulfide) groups is 1. The van der Waals surface area contributed by atoms with Crippen LogP contribution in [0.15, 0.2) is 41.5 Å². The Balaban J connectivity index is 1.79. The first-order valence-corrected chi connectivity index (χ1v) is 9.71. The number of carbonyl (C=O) groups excluding carboxylic acids is 1. The number of hydrogen-bond acceptors (Lipinski definition) is 6. The average molecular weight is 409 g/mol. The normalized spacial score (nSPS) is 19.7. The van der Waals surface area contributed by atoms with E-state index in [1.165, 1.54) is 24.4 Å². The van der Waals surface area contributed by atoms with Crippen LogP contribution in [0.2, 0.25) is 5.02 Å². The number of amidine groups is 1. The second-order valence-electron chi connectivity index (χ2n) is 6.20. The standard InChI is InChI=1S/C18H18ClFN4O2S/c1-18(6-7-27-10-15(21)24-18)13-8-12(3-4-14(13)20)23-17(25)26-16-5-2-11(19)9-22-16/h2-5,8-9H,6-7,10H2,1H3,(H2,21,24)(H,23,25)/t18-/m0/s1. The summed E-state index contributed by atoms with van der Waals surface area (Å²) in [5.74, 6) is 1.60. The Morgan fingerprint density at radius 1 is 1.41 bits per heavy atom. The Labute approximate surface area is 165 Å². The van der Waals surface area contributed by atoms with Crippen LogP contribution in [0.1, 0.15) is 18.9 Å². The smallest absolute Gasteiger partial charge is 0.391 e. The van der Waals surface area contributed by atoms with Gasteiger partial charge in [-0.1, -0.05) is 11.6 Å². The van der Waals surface area contributed by atoms with Crippen LogP contribution in [-0.4, -0.2) is 28.4 Å². The number of pyridine rings is 1. The molecule has 9 heteroatoms. The van der Waals surface area contributed by atoms with E-state index in [2.05, 4.69) is 15.3 Å². The number of ether oxygens (including phenoxy) is 1. The van der Waals surface area contributed by atoms with E-state index in [1.807, 2.05) is 6.92 Å². The summed E-state index contributed by atoms with van der Waals surface area (Å²) < 4.78 is 19.6. The minimum atomic E-state index is -0.795. The maximum absolute atomic E-state index is 14.5. The van der Waals surface area contributed by atoms with Gasteiger partial charge in [-0.2, -0.15) is 11.8 Å². The van der Waals surface area contributed by atoms with Crippen molar-refractivity contribution in [3.63, 3.8) is 0 Å². The molecule has 0 radical (unpaired) electrons. The number of nitrogens with one attached hydrogen (secondary N) is 1. The Morgan fingerprint density at radius 3 is 2.96 bits per heavy atom. The highest BCUT2D eigenvalue weighted by molar-refractivity contribution is 7.99. The summed E-state index contributed by atoms with van der Waals surface area (Å²) in [5.41, 5.74) is 5.88. The number of amides is 1. The fraction of sp³-hybridized carbons (Fsp3) is 0.278. The average Bonchev–Trinajstić information content (AvgIpc) is 2.79. The van der Waals surface area contributed by atoms with E-state index in [4.69, 9.17) is 22.1 Å². The number of benzene rings is 1. The molecule has 0 spiro atoms. The molecule has 1 amide bonds. The fourth-order valence-electron chi connectivity index (χ4n) is 2.72. The molecule has 1 aliphatic rings. The summed E-state index contributed by atoms with van der Waals surface area (Å²) in [7, 11) is 0. The highest BCUT2D eigenvalue weighted by atomic mass is 35.5. The number of halogens is 2. The predicted octanol–water partition coefficient (Wildman–Crippen LogP) is 4.19. The first kappa shape index (κ1) is 19.4. The first-order valence-electron chi connectivity index (χ1n) is 8.18. The van der Waals surface area contributed by atoms with Crippen LogP contribution in [0.25, 0.3) is 0 Å². The Hall–Kier alpha value is -2.32. The monoisotopic (exact) mass is 408 g/mol. The lowest BCUT2D eigenvalue weighted by atomic mass is 9.89. The molecule has 3 rings (SSSR count). The minimum Gasteiger partial charge on any atom is -0.391 e. The van der Waals surface area contributed by atoms with E-state index in [1.54, 1.807) is 23.9 Å². The van der Waals surface area contributed by atoms with Gasteiger partial charge in [-0.3, -0.25) is 10.3 Å². The molecule has 3 N–H and O–H groups in total. The number of carbonyl (C=O) groups is 1. The van der Waals surface area contributed by atoms with Gasteiger partial charge in [-0.25, -0.2) is 14.2 Å². The molecule has 0 aliphatic carbocycles. The molecular weight excluding hydrogens is 391 g/mol. The van der Waals surface area contributed by atoms with Crippen LogP contribution in [0.5, 0.6) is 5.88 Å². The summed E-state index contributed by atoms with van der Waals surface area (Å²) >= 11 is 7.40. The molecule has 0 saturated carbocycles. The number of nitrogens with two attached hydrogens (primary N) is 1. The van der Waals surface area contributed by atoms with E-state index >= 15 is 0 Å². The number of hydrogen-bond donors (Lipinski definition) is 2. The van der Waals surface area contributed by atoms with E-state index in [-0.39, 0.29) is 5.88 Å². The van der Waals surface area contributed by atoms with Gasteiger partial charge in [-0.15, -0.1) is 0 Å². The number of anilines is 1. The Morgan fingerprint density at radius 2 is 2.22 bits per heavy atom. The topological polar surface area (TPSA) is 89.6 Å². The summed E-state index contributed by atoms with van der Waals surface area (Å²) in [6.07, 6.45) is 1.26. The van der Waals surface area contributed by atoms with Gasteiger partial charge in [0.25, 0.3) is 0 Å². The van der Waals surface area contributed by atoms with Gasteiger partial charge >= 0.3 is 6.09 Å². The summed E-state index contributed by atoms with van der Waals surface area (Å²) in [6, 6.07) is 7.33. The van der Waals surface area contributed by atoms with Gasteiger partial charge < -0.3 is 10.5 Å². The zero-order chi connectivity index (χ0) is 19.4. The molecule has 0 bridgehead atoms. The second-order valence-corrected chi connectivity index (χ2v) is 7.74. The molecular formula is C18H18ClFN4O2S. The van der Waals surface area contributed by atoms with Crippen molar-refractivity contribution in [1.29, 1.82) is 0 Å². The quantitative estimate of drug-likeness (QED) is 0.794. The van der Waals surface area contributed by atoms with Crippen LogP contribution < -0.4 is 15.8 Å². The molecule has 1 aromatic carbocycles. The van der Waals surface area contributed by atoms with Crippen molar-refractivity contribution in [1.82, 2.24) is 4.98 Å². The molecule has 2 aromatic rings. The molecule has 0 fully saturated rings. The second kappa shape index (κ2) is 8.14. The van der Waals surface area contributed by atoms with Crippen molar-refractivity contribution in [2.75, 3.05) is 16.8 Å². The van der Waals surface area contributed by atoms with Crippen molar-refractivity contribution >= 4 is 41.0 Å². The van der Waals surface area contributed by atoms with E-state index in [0.717, 1.165) is 5.75 Å². The van der Waals surface area contributed by atoms with Gasteiger partial charge in [0.05, 0.1) is 16.3 Å². The first-order chi connectivity index (χ1) is 12.9. The van der Waals surface area contributed by atoms with Crippen LogP contribution in [0.4, 0.5) is 14.9 Å². The molecule has 27 heavy (non-hydrogen) atoms. The molecule has 1 aliphatic heterocycles. The number of nitrogens with zero attached hydrogens (tertiary/aromatic N) is 2. The number of rotatable bonds is 3. The van der Waals surface area contributed by atoms with Crippen molar-refractivity contribution < 1.29 is 13.9 Å². The van der Waals surface area contributed by atoms with Gasteiger partial charge in [0.1, 0.15) is 11.7 Å². The summed E-state index contributed by atoms with van der Waals surface area (Å²) in [5, 5.41) is 3.00. The van der Waals surface area contributed by atoms with Crippen LogP contribution in [0, 0.1) is 5.82 Å². The van der Waals surface area contributed by atoms with Gasteiger partial charge in [0, 0.05) is 23.5 Å². The maximum atomic E-state index is 14.5. The van der Waals surface area contributed by atoms with E-state index in [0.29, 0.717) is 34.3 Å². The predicted molar refractivity (Wildman–Crippen MR) is 106 cm³/mol. The molecule has 0 saturated heterocycles. The minimum absolute atomic E-state index is 0.101. The maximum Gasteiger partial charge on any atom is 0.418 e. The largest absolute Gasteiger partial charge is 0.418 e. The van der Waals surface area contributed by atoms with Crippen molar-refractivity contribution in [3.05, 3.63) is 52.9 Å². The molecule has 2 heterocycles. The molecule has 142 valence electrons. The van der Waals surface area contributed by atoms with Crippen LogP contribution >= 0.6 is 23.4 Å². The lowest BCUT2D eigenvalue weighted by molar-refractivity contribution is 0.213. The zero-order valence-corrected chi connectivity index (χ0v) is 16.1. The third kappa shape index (κ3) is 4.90. The zero-order valence-electron chi connectivity index (χ0n) is 14.5. The van der Waals surface area contributed by atoms with Crippen molar-refractivity contribution in [2.24, 2.45) is 10.7 Å². The third-order valence-electron chi connectivity index (χ3n) is 4.06. The summed E-state index contributed by atoms with van der Waals surface area (Å²) in [4.78, 5) is 20.5. The fourth-order valence-corrected chi connectivity index (χ4v) is 3.80. The summed E-state index contributed by atoms with van der Waals surface area (Å²) in [6.45, 7) is 1.84. The molecule has 6 nitrogen and oxygen atoms in total. The van der Waals surface area contributed by atoms with E-state index < -0.39 is 17.4 Å². The van der Waals surface area contributed by atoms with Crippen LogP contribution in [-0.2, 0) is 5.54 Å². The van der Waals surface area contributed by atoms with E-state index in [9.17, 15) is 9.18 Å². The lowest BCUT2D eigenvalue weighted by Crippen LogP contribution is -2.26. The third-order valence-corrected chi connectivity index (χ3v) is 5.28.